The topological polar surface area (TPSA) is 48.1 Å². The van der Waals surface area contributed by atoms with Crippen LogP contribution in [0.4, 0.5) is 0 Å². The highest BCUT2D eigenvalue weighted by Crippen LogP contribution is 2.36. The van der Waals surface area contributed by atoms with Gasteiger partial charge in [-0.1, -0.05) is 39.5 Å². The number of rotatable bonds is 22. The van der Waals surface area contributed by atoms with Gasteiger partial charge in [0.1, 0.15) is 0 Å². The molecule has 0 aliphatic heterocycles. The standard InChI is InChI=1S/C23H50N4/c1-3-5-7-13-24-15-9-11-17-26-20-22-19-23(22)21-27-18-12-10-16-25-14-8-6-4-2/h22-27H,3-21H2,1-2H3/t22-,23-/m0/s1. The van der Waals surface area contributed by atoms with Crippen molar-refractivity contribution in [3.8, 4) is 0 Å². The van der Waals surface area contributed by atoms with Crippen molar-refractivity contribution in [1.29, 1.82) is 0 Å². The average molecular weight is 383 g/mol. The molecule has 27 heavy (non-hydrogen) atoms. The molecule has 4 heteroatoms. The predicted molar refractivity (Wildman–Crippen MR) is 121 cm³/mol. The van der Waals surface area contributed by atoms with Crippen LogP contribution in [0, 0.1) is 11.8 Å². The molecule has 0 aromatic heterocycles. The van der Waals surface area contributed by atoms with Gasteiger partial charge in [0.2, 0.25) is 0 Å². The minimum absolute atomic E-state index is 0.935. The van der Waals surface area contributed by atoms with E-state index in [2.05, 4.69) is 35.1 Å². The van der Waals surface area contributed by atoms with Gasteiger partial charge >= 0.3 is 0 Å². The molecule has 162 valence electrons. The molecule has 0 aromatic rings. The van der Waals surface area contributed by atoms with E-state index in [9.17, 15) is 0 Å². The average Bonchev–Trinajstić information content (AvgIpc) is 3.43. The van der Waals surface area contributed by atoms with Crippen molar-refractivity contribution in [2.24, 2.45) is 11.8 Å². The minimum Gasteiger partial charge on any atom is -0.317 e. The van der Waals surface area contributed by atoms with E-state index in [0.717, 1.165) is 11.8 Å². The molecule has 1 rings (SSSR count). The van der Waals surface area contributed by atoms with Crippen LogP contribution >= 0.6 is 0 Å². The van der Waals surface area contributed by atoms with Crippen LogP contribution in [0.2, 0.25) is 0 Å². The summed E-state index contributed by atoms with van der Waals surface area (Å²) in [4.78, 5) is 0. The fourth-order valence-corrected chi connectivity index (χ4v) is 3.64. The molecule has 2 atom stereocenters. The highest BCUT2D eigenvalue weighted by Gasteiger charge is 2.35. The van der Waals surface area contributed by atoms with Crippen molar-refractivity contribution in [1.82, 2.24) is 21.3 Å². The molecule has 0 bridgehead atoms. The summed E-state index contributed by atoms with van der Waals surface area (Å²) >= 11 is 0. The van der Waals surface area contributed by atoms with Crippen LogP contribution in [0.25, 0.3) is 0 Å². The number of hydrogen-bond acceptors (Lipinski definition) is 4. The summed E-state index contributed by atoms with van der Waals surface area (Å²) in [6.07, 6.45) is 14.7. The third-order valence-electron chi connectivity index (χ3n) is 5.71. The SMILES string of the molecule is CCCCCNCCCCNC[C@@H]1C[C@H]1CNCCCCNCCCCC. The summed E-state index contributed by atoms with van der Waals surface area (Å²) in [6.45, 7) is 14.2. The Morgan fingerprint density at radius 3 is 1.19 bits per heavy atom. The zero-order valence-electron chi connectivity index (χ0n) is 18.6. The van der Waals surface area contributed by atoms with Gasteiger partial charge in [-0.15, -0.1) is 0 Å². The first kappa shape index (κ1) is 24.9. The number of hydrogen-bond donors (Lipinski definition) is 4. The highest BCUT2D eigenvalue weighted by atomic mass is 14.9. The summed E-state index contributed by atoms with van der Waals surface area (Å²) in [7, 11) is 0. The first-order valence-corrected chi connectivity index (χ1v) is 12.2. The summed E-state index contributed by atoms with van der Waals surface area (Å²) in [5, 5.41) is 14.4. The van der Waals surface area contributed by atoms with Crippen molar-refractivity contribution >= 4 is 0 Å². The third kappa shape index (κ3) is 16.5. The number of unbranched alkanes of at least 4 members (excludes halogenated alkanes) is 6. The molecular weight excluding hydrogens is 332 g/mol. The molecule has 1 aliphatic carbocycles. The maximum Gasteiger partial charge on any atom is -0.00173 e. The molecule has 0 saturated heterocycles. The first-order valence-electron chi connectivity index (χ1n) is 12.2. The molecule has 0 unspecified atom stereocenters. The normalized spacial score (nSPS) is 18.9. The Bertz CT molecular complexity index is 270. The van der Waals surface area contributed by atoms with Gasteiger partial charge in [-0.2, -0.15) is 0 Å². The van der Waals surface area contributed by atoms with E-state index < -0.39 is 0 Å². The molecule has 4 nitrogen and oxygen atoms in total. The van der Waals surface area contributed by atoms with Crippen LogP contribution in [0.3, 0.4) is 0 Å². The second-order valence-corrected chi connectivity index (χ2v) is 8.49. The Morgan fingerprint density at radius 1 is 0.481 bits per heavy atom. The maximum atomic E-state index is 3.66. The zero-order chi connectivity index (χ0) is 19.4. The largest absolute Gasteiger partial charge is 0.317 e. The molecule has 4 N–H and O–H groups in total. The van der Waals surface area contributed by atoms with Crippen LogP contribution in [-0.2, 0) is 0 Å². The van der Waals surface area contributed by atoms with E-state index in [1.165, 1.54) is 123 Å². The van der Waals surface area contributed by atoms with Gasteiger partial charge in [0.05, 0.1) is 0 Å². The molecule has 0 heterocycles. The summed E-state index contributed by atoms with van der Waals surface area (Å²) in [5.74, 6) is 1.87. The Kier molecular flexibility index (Phi) is 17.7. The Labute approximate surface area is 170 Å². The van der Waals surface area contributed by atoms with Crippen molar-refractivity contribution in [2.45, 2.75) is 84.5 Å². The molecule has 0 radical (unpaired) electrons. The van der Waals surface area contributed by atoms with E-state index >= 15 is 0 Å². The van der Waals surface area contributed by atoms with Gasteiger partial charge in [0, 0.05) is 0 Å². The predicted octanol–water partition coefficient (Wildman–Crippen LogP) is 3.92. The van der Waals surface area contributed by atoms with Gasteiger partial charge in [0.15, 0.2) is 0 Å². The van der Waals surface area contributed by atoms with Gasteiger partial charge < -0.3 is 21.3 Å². The smallest absolute Gasteiger partial charge is 0.00173 e. The Hall–Kier alpha value is -0.160. The molecule has 1 aliphatic rings. The Balaban J connectivity index is 1.70. The van der Waals surface area contributed by atoms with Crippen molar-refractivity contribution in [3.63, 3.8) is 0 Å². The lowest BCUT2D eigenvalue weighted by atomic mass is 10.2. The van der Waals surface area contributed by atoms with Crippen LogP contribution in [-0.4, -0.2) is 52.4 Å². The van der Waals surface area contributed by atoms with E-state index in [-0.39, 0.29) is 0 Å². The van der Waals surface area contributed by atoms with Crippen LogP contribution < -0.4 is 21.3 Å². The van der Waals surface area contributed by atoms with Crippen molar-refractivity contribution in [3.05, 3.63) is 0 Å². The zero-order valence-corrected chi connectivity index (χ0v) is 18.6. The van der Waals surface area contributed by atoms with Crippen LogP contribution in [0.15, 0.2) is 0 Å². The maximum absolute atomic E-state index is 3.66. The van der Waals surface area contributed by atoms with Crippen molar-refractivity contribution < 1.29 is 0 Å². The molecular formula is C23H50N4. The fourth-order valence-electron chi connectivity index (χ4n) is 3.64. The van der Waals surface area contributed by atoms with Gasteiger partial charge in [-0.05, 0) is 109 Å². The second-order valence-electron chi connectivity index (χ2n) is 8.49. The second kappa shape index (κ2) is 19.2. The van der Waals surface area contributed by atoms with Crippen LogP contribution in [0.5, 0.6) is 0 Å². The monoisotopic (exact) mass is 382 g/mol. The summed E-state index contributed by atoms with van der Waals surface area (Å²) in [6, 6.07) is 0. The lowest BCUT2D eigenvalue weighted by Gasteiger charge is -2.07. The first-order chi connectivity index (χ1) is 13.4. The lowest BCUT2D eigenvalue weighted by molar-refractivity contribution is 0.525. The fraction of sp³-hybridized carbons (Fsp3) is 1.00. The van der Waals surface area contributed by atoms with Crippen LogP contribution in [0.1, 0.15) is 84.5 Å². The van der Waals surface area contributed by atoms with Crippen molar-refractivity contribution in [2.75, 3.05) is 52.4 Å². The summed E-state index contributed by atoms with van der Waals surface area (Å²) < 4.78 is 0. The minimum atomic E-state index is 0.935. The van der Waals surface area contributed by atoms with E-state index in [4.69, 9.17) is 0 Å². The molecule has 0 spiro atoms. The highest BCUT2D eigenvalue weighted by molar-refractivity contribution is 4.89. The molecule has 1 saturated carbocycles. The summed E-state index contributed by atoms with van der Waals surface area (Å²) in [5.41, 5.74) is 0. The van der Waals surface area contributed by atoms with E-state index in [1.54, 1.807) is 0 Å². The quantitative estimate of drug-likeness (QED) is 0.214. The van der Waals surface area contributed by atoms with E-state index in [0.29, 0.717) is 0 Å². The number of nitrogens with one attached hydrogen (secondary N) is 4. The third-order valence-corrected chi connectivity index (χ3v) is 5.71. The van der Waals surface area contributed by atoms with Gasteiger partial charge in [0.25, 0.3) is 0 Å². The van der Waals surface area contributed by atoms with Gasteiger partial charge in [-0.3, -0.25) is 0 Å². The lowest BCUT2D eigenvalue weighted by Crippen LogP contribution is -2.24. The molecule has 0 aromatic carbocycles. The van der Waals surface area contributed by atoms with Gasteiger partial charge in [-0.25, -0.2) is 0 Å². The van der Waals surface area contributed by atoms with E-state index in [1.807, 2.05) is 0 Å². The Morgan fingerprint density at radius 2 is 0.815 bits per heavy atom. The molecule has 1 fully saturated rings. The molecule has 0 amide bonds.